The lowest BCUT2D eigenvalue weighted by Crippen LogP contribution is -2.31. The van der Waals surface area contributed by atoms with Crippen LogP contribution in [0.4, 0.5) is 8.78 Å². The first-order valence-corrected chi connectivity index (χ1v) is 9.59. The lowest BCUT2D eigenvalue weighted by Gasteiger charge is -2.19. The Morgan fingerprint density at radius 2 is 1.83 bits per heavy atom. The summed E-state index contributed by atoms with van der Waals surface area (Å²) in [5.74, 6) is -4.19. The van der Waals surface area contributed by atoms with Crippen LogP contribution in [0.15, 0.2) is 30.3 Å². The Hall–Kier alpha value is -2.47. The molecule has 7 heteroatoms. The van der Waals surface area contributed by atoms with Crippen LogP contribution >= 0.6 is 11.6 Å². The quantitative estimate of drug-likeness (QED) is 0.330. The minimum Gasteiger partial charge on any atom is -0.496 e. The van der Waals surface area contributed by atoms with Crippen molar-refractivity contribution in [3.63, 3.8) is 0 Å². The lowest BCUT2D eigenvalue weighted by molar-refractivity contribution is -0.147. The number of hydrogen-bond donors (Lipinski definition) is 0. The van der Waals surface area contributed by atoms with Gasteiger partial charge in [0.2, 0.25) is 0 Å². The van der Waals surface area contributed by atoms with Crippen molar-refractivity contribution in [3.05, 3.63) is 63.7 Å². The zero-order valence-electron chi connectivity index (χ0n) is 16.7. The molecule has 1 unspecified atom stereocenters. The zero-order valence-corrected chi connectivity index (χ0v) is 17.5. The Morgan fingerprint density at radius 3 is 2.41 bits per heavy atom. The first-order valence-electron chi connectivity index (χ1n) is 9.21. The molecule has 0 saturated carbocycles. The van der Waals surface area contributed by atoms with Gasteiger partial charge in [-0.15, -0.1) is 0 Å². The fourth-order valence-corrected chi connectivity index (χ4v) is 3.28. The molecular formula is C22H23ClF2O4. The van der Waals surface area contributed by atoms with Crippen LogP contribution in [0.25, 0.3) is 0 Å². The summed E-state index contributed by atoms with van der Waals surface area (Å²) in [5.41, 5.74) is 0.395. The van der Waals surface area contributed by atoms with Crippen LogP contribution in [-0.2, 0) is 16.0 Å². The van der Waals surface area contributed by atoms with E-state index in [9.17, 15) is 18.4 Å². The molecule has 0 aliphatic rings. The van der Waals surface area contributed by atoms with E-state index in [-0.39, 0.29) is 34.9 Å². The van der Waals surface area contributed by atoms with Gasteiger partial charge in [0, 0.05) is 12.5 Å². The van der Waals surface area contributed by atoms with Crippen molar-refractivity contribution in [2.24, 2.45) is 11.8 Å². The molecule has 29 heavy (non-hydrogen) atoms. The number of Topliss-reactive ketones (excluding diaryl/α,β-unsaturated/α-hetero) is 1. The molecule has 0 spiro atoms. The van der Waals surface area contributed by atoms with E-state index in [1.165, 1.54) is 19.2 Å². The third kappa shape index (κ3) is 5.12. The topological polar surface area (TPSA) is 52.6 Å². The van der Waals surface area contributed by atoms with Crippen molar-refractivity contribution in [2.75, 3.05) is 13.7 Å². The number of halogens is 3. The molecule has 0 aromatic heterocycles. The van der Waals surface area contributed by atoms with Gasteiger partial charge in [-0.3, -0.25) is 9.59 Å². The number of benzene rings is 2. The number of esters is 1. The second-order valence-corrected chi connectivity index (χ2v) is 7.28. The van der Waals surface area contributed by atoms with Crippen LogP contribution in [0, 0.1) is 23.5 Å². The van der Waals surface area contributed by atoms with Gasteiger partial charge >= 0.3 is 5.97 Å². The van der Waals surface area contributed by atoms with Crippen LogP contribution in [-0.4, -0.2) is 25.5 Å². The fraction of sp³-hybridized carbons (Fsp3) is 0.364. The molecule has 4 nitrogen and oxygen atoms in total. The summed E-state index contributed by atoms with van der Waals surface area (Å²) < 4.78 is 39.2. The Morgan fingerprint density at radius 1 is 1.14 bits per heavy atom. The van der Waals surface area contributed by atoms with E-state index >= 15 is 0 Å². The second-order valence-electron chi connectivity index (χ2n) is 6.87. The van der Waals surface area contributed by atoms with Gasteiger partial charge < -0.3 is 9.47 Å². The maximum Gasteiger partial charge on any atom is 0.317 e. The van der Waals surface area contributed by atoms with Crippen LogP contribution < -0.4 is 4.74 Å². The number of carbonyl (C=O) groups is 2. The van der Waals surface area contributed by atoms with Gasteiger partial charge in [0.25, 0.3) is 0 Å². The summed E-state index contributed by atoms with van der Waals surface area (Å²) >= 11 is 5.83. The van der Waals surface area contributed by atoms with Crippen LogP contribution in [0.1, 0.15) is 42.3 Å². The van der Waals surface area contributed by atoms with Gasteiger partial charge in [-0.25, -0.2) is 8.78 Å². The van der Waals surface area contributed by atoms with E-state index in [2.05, 4.69) is 0 Å². The zero-order chi connectivity index (χ0) is 21.7. The molecule has 0 heterocycles. The second kappa shape index (κ2) is 9.83. The predicted octanol–water partition coefficient (Wildman–Crippen LogP) is 5.24. The van der Waals surface area contributed by atoms with Crippen molar-refractivity contribution >= 4 is 23.4 Å². The molecule has 156 valence electrons. The molecule has 2 aromatic carbocycles. The molecule has 0 saturated heterocycles. The van der Waals surface area contributed by atoms with Gasteiger partial charge in [-0.2, -0.15) is 0 Å². The molecule has 2 aromatic rings. The monoisotopic (exact) mass is 424 g/mol. The first kappa shape index (κ1) is 22.8. The minimum atomic E-state index is -1.14. The number of ketones is 1. The fourth-order valence-electron chi connectivity index (χ4n) is 3.09. The summed E-state index contributed by atoms with van der Waals surface area (Å²) in [5, 5.41) is -0.0398. The third-order valence-corrected chi connectivity index (χ3v) is 4.83. The van der Waals surface area contributed by atoms with Gasteiger partial charge in [0.05, 0.1) is 24.3 Å². The van der Waals surface area contributed by atoms with Crippen molar-refractivity contribution in [1.29, 1.82) is 0 Å². The van der Waals surface area contributed by atoms with Crippen molar-refractivity contribution in [2.45, 2.75) is 27.2 Å². The average molecular weight is 425 g/mol. The van der Waals surface area contributed by atoms with E-state index in [0.29, 0.717) is 5.56 Å². The van der Waals surface area contributed by atoms with Crippen molar-refractivity contribution in [3.8, 4) is 5.75 Å². The summed E-state index contributed by atoms with van der Waals surface area (Å²) in [6.07, 6.45) is 0.0296. The van der Waals surface area contributed by atoms with Gasteiger partial charge in [-0.1, -0.05) is 37.6 Å². The lowest BCUT2D eigenvalue weighted by atomic mass is 9.86. The highest BCUT2D eigenvalue weighted by Gasteiger charge is 2.34. The summed E-state index contributed by atoms with van der Waals surface area (Å²) in [7, 11) is 1.35. The third-order valence-electron chi connectivity index (χ3n) is 4.54. The van der Waals surface area contributed by atoms with E-state index in [4.69, 9.17) is 21.1 Å². The van der Waals surface area contributed by atoms with E-state index in [1.807, 2.05) is 0 Å². The van der Waals surface area contributed by atoms with Crippen LogP contribution in [0.3, 0.4) is 0 Å². The van der Waals surface area contributed by atoms with Crippen molar-refractivity contribution in [1.82, 2.24) is 0 Å². The molecule has 0 radical (unpaired) electrons. The largest absolute Gasteiger partial charge is 0.496 e. The van der Waals surface area contributed by atoms with Crippen LogP contribution in [0.2, 0.25) is 5.02 Å². The molecule has 0 aliphatic carbocycles. The molecule has 0 fully saturated rings. The van der Waals surface area contributed by atoms with E-state index in [1.54, 1.807) is 32.9 Å². The van der Waals surface area contributed by atoms with E-state index < -0.39 is 35.2 Å². The number of rotatable bonds is 8. The molecule has 1 atom stereocenters. The number of carbonyl (C=O) groups excluding carboxylic acids is 2. The van der Waals surface area contributed by atoms with E-state index in [0.717, 1.165) is 6.07 Å². The predicted molar refractivity (Wildman–Crippen MR) is 106 cm³/mol. The highest BCUT2D eigenvalue weighted by molar-refractivity contribution is 6.30. The highest BCUT2D eigenvalue weighted by atomic mass is 35.5. The maximum absolute atomic E-state index is 14.7. The normalized spacial score (nSPS) is 12.0. The summed E-state index contributed by atoms with van der Waals surface area (Å²) in [4.78, 5) is 25.2. The maximum atomic E-state index is 14.7. The standard InChI is InChI=1S/C22H23ClF2O4/c1-5-29-22(27)19(12(2)3)21(26)15-10-14(18(28-4)11-17(15)24)9-13-7-6-8-16(23)20(13)25/h6-8,10-12,19H,5,9H2,1-4H3. The first-order chi connectivity index (χ1) is 13.7. The average Bonchev–Trinajstić information content (AvgIpc) is 2.66. The number of methoxy groups -OCH3 is 1. The smallest absolute Gasteiger partial charge is 0.317 e. The SMILES string of the molecule is CCOC(=O)C(C(=O)c1cc(Cc2cccc(Cl)c2F)c(OC)cc1F)C(C)C. The molecule has 0 N–H and O–H groups in total. The number of ether oxygens (including phenoxy) is 2. The highest BCUT2D eigenvalue weighted by Crippen LogP contribution is 2.30. The minimum absolute atomic E-state index is 0.0296. The molecule has 2 rings (SSSR count). The summed E-state index contributed by atoms with van der Waals surface area (Å²) in [6, 6.07) is 6.92. The van der Waals surface area contributed by atoms with Gasteiger partial charge in [0.15, 0.2) is 5.78 Å². The van der Waals surface area contributed by atoms with Crippen molar-refractivity contribution < 1.29 is 27.8 Å². The molecule has 0 bridgehead atoms. The van der Waals surface area contributed by atoms with Gasteiger partial charge in [0.1, 0.15) is 23.3 Å². The molecule has 0 amide bonds. The Kier molecular flexibility index (Phi) is 7.73. The Bertz CT molecular complexity index is 912. The molecular weight excluding hydrogens is 402 g/mol. The molecule has 0 aliphatic heterocycles. The van der Waals surface area contributed by atoms with Crippen LogP contribution in [0.5, 0.6) is 5.75 Å². The van der Waals surface area contributed by atoms with Gasteiger partial charge in [-0.05, 0) is 36.1 Å². The summed E-state index contributed by atoms with van der Waals surface area (Å²) in [6.45, 7) is 5.11. The Balaban J connectivity index is 2.50. The Labute approximate surface area is 173 Å². The number of hydrogen-bond acceptors (Lipinski definition) is 4.